The van der Waals surface area contributed by atoms with Gasteiger partial charge in [0.05, 0.1) is 23.1 Å². The van der Waals surface area contributed by atoms with Crippen LogP contribution in [0.25, 0.3) is 5.69 Å². The molecule has 3 aromatic rings. The van der Waals surface area contributed by atoms with Gasteiger partial charge in [-0.3, -0.25) is 4.79 Å². The summed E-state index contributed by atoms with van der Waals surface area (Å²) in [5, 5.41) is 7.26. The zero-order valence-electron chi connectivity index (χ0n) is 13.4. The van der Waals surface area contributed by atoms with E-state index in [4.69, 9.17) is 6.42 Å². The lowest BCUT2D eigenvalue weighted by molar-refractivity contribution is 0.102. The van der Waals surface area contributed by atoms with Crippen LogP contribution in [0.15, 0.2) is 60.8 Å². The van der Waals surface area contributed by atoms with E-state index in [2.05, 4.69) is 16.3 Å². The maximum Gasteiger partial charge on any atom is 0.259 e. The number of carbonyl (C=O) groups is 1. The fourth-order valence-corrected chi connectivity index (χ4v) is 2.58. The van der Waals surface area contributed by atoms with Crippen molar-refractivity contribution < 1.29 is 4.79 Å². The Hall–Kier alpha value is -3.32. The van der Waals surface area contributed by atoms with Crippen molar-refractivity contribution in [2.24, 2.45) is 0 Å². The van der Waals surface area contributed by atoms with E-state index in [0.717, 1.165) is 16.9 Å². The van der Waals surface area contributed by atoms with Gasteiger partial charge in [0.25, 0.3) is 5.91 Å². The fourth-order valence-electron chi connectivity index (χ4n) is 2.58. The number of para-hydroxylation sites is 1. The summed E-state index contributed by atoms with van der Waals surface area (Å²) in [4.78, 5) is 12.6. The summed E-state index contributed by atoms with van der Waals surface area (Å²) < 4.78 is 1.80. The molecule has 0 radical (unpaired) electrons. The molecule has 4 nitrogen and oxygen atoms in total. The van der Waals surface area contributed by atoms with Gasteiger partial charge in [-0.2, -0.15) is 5.10 Å². The maximum absolute atomic E-state index is 12.6. The van der Waals surface area contributed by atoms with Crippen molar-refractivity contribution in [3.63, 3.8) is 0 Å². The summed E-state index contributed by atoms with van der Waals surface area (Å²) in [7, 11) is 0. The molecular weight excluding hydrogens is 298 g/mol. The monoisotopic (exact) mass is 315 g/mol. The first-order valence-corrected chi connectivity index (χ1v) is 7.73. The topological polar surface area (TPSA) is 46.9 Å². The number of carbonyl (C=O) groups excluding carboxylic acids is 1. The number of rotatable bonds is 4. The molecular formula is C20H17N3O. The van der Waals surface area contributed by atoms with Crippen LogP contribution in [0.1, 0.15) is 28.5 Å². The number of anilines is 1. The highest BCUT2D eigenvalue weighted by atomic mass is 16.1. The first-order chi connectivity index (χ1) is 11.7. The van der Waals surface area contributed by atoms with E-state index in [9.17, 15) is 4.79 Å². The van der Waals surface area contributed by atoms with Crippen LogP contribution >= 0.6 is 0 Å². The number of terminal acetylenes is 1. The number of amides is 1. The molecule has 1 aromatic heterocycles. The molecule has 2 aromatic carbocycles. The molecule has 0 spiro atoms. The molecule has 4 heteroatoms. The van der Waals surface area contributed by atoms with Crippen molar-refractivity contribution in [2.75, 3.05) is 5.32 Å². The van der Waals surface area contributed by atoms with Crippen LogP contribution in [0, 0.1) is 12.3 Å². The molecule has 1 N–H and O–H groups in total. The van der Waals surface area contributed by atoms with Crippen LogP contribution in [-0.2, 0) is 6.42 Å². The van der Waals surface area contributed by atoms with Crippen LogP contribution in [0.5, 0.6) is 0 Å². The van der Waals surface area contributed by atoms with Crippen molar-refractivity contribution in [3.8, 4) is 18.0 Å². The molecule has 0 saturated heterocycles. The third-order valence-corrected chi connectivity index (χ3v) is 3.74. The number of benzene rings is 2. The fraction of sp³-hybridized carbons (Fsp3) is 0.100. The number of hydrogen-bond acceptors (Lipinski definition) is 2. The summed E-state index contributed by atoms with van der Waals surface area (Å²) in [5.41, 5.74) is 3.76. The van der Waals surface area contributed by atoms with Crippen molar-refractivity contribution >= 4 is 11.6 Å². The second kappa shape index (κ2) is 6.84. The molecule has 3 rings (SSSR count). The van der Waals surface area contributed by atoms with Crippen molar-refractivity contribution in [1.82, 2.24) is 9.78 Å². The summed E-state index contributed by atoms with van der Waals surface area (Å²) >= 11 is 0. The zero-order chi connectivity index (χ0) is 16.9. The van der Waals surface area contributed by atoms with Gasteiger partial charge in [0.2, 0.25) is 0 Å². The van der Waals surface area contributed by atoms with Crippen molar-refractivity contribution in [2.45, 2.75) is 13.3 Å². The predicted molar refractivity (Wildman–Crippen MR) is 95.3 cm³/mol. The van der Waals surface area contributed by atoms with E-state index in [0.29, 0.717) is 17.7 Å². The summed E-state index contributed by atoms with van der Waals surface area (Å²) in [5.74, 6) is 2.37. The SMILES string of the molecule is C#Cc1cccc(NC(=O)c2cnn(-c3ccccc3)c2CC)c1. The highest BCUT2D eigenvalue weighted by Crippen LogP contribution is 2.18. The lowest BCUT2D eigenvalue weighted by Gasteiger charge is -2.09. The molecule has 0 aliphatic carbocycles. The minimum atomic E-state index is -0.191. The normalized spacial score (nSPS) is 10.2. The van der Waals surface area contributed by atoms with Gasteiger partial charge in [0.15, 0.2) is 0 Å². The number of nitrogens with zero attached hydrogens (tertiary/aromatic N) is 2. The number of hydrogen-bond donors (Lipinski definition) is 1. The number of nitrogens with one attached hydrogen (secondary N) is 1. The highest BCUT2D eigenvalue weighted by Gasteiger charge is 2.17. The lowest BCUT2D eigenvalue weighted by Crippen LogP contribution is -2.14. The highest BCUT2D eigenvalue weighted by molar-refractivity contribution is 6.05. The second-order valence-corrected chi connectivity index (χ2v) is 5.29. The van der Waals surface area contributed by atoms with Crippen LogP contribution in [0.2, 0.25) is 0 Å². The Kier molecular flexibility index (Phi) is 4.44. The van der Waals surface area contributed by atoms with E-state index in [1.54, 1.807) is 16.9 Å². The predicted octanol–water partition coefficient (Wildman–Crippen LogP) is 3.67. The molecule has 24 heavy (non-hydrogen) atoms. The first-order valence-electron chi connectivity index (χ1n) is 7.73. The largest absolute Gasteiger partial charge is 0.322 e. The Bertz CT molecular complexity index is 904. The van der Waals surface area contributed by atoms with Gasteiger partial charge in [-0.25, -0.2) is 4.68 Å². The Morgan fingerprint density at radius 1 is 1.21 bits per heavy atom. The molecule has 1 heterocycles. The second-order valence-electron chi connectivity index (χ2n) is 5.29. The molecule has 0 aliphatic heterocycles. The van der Waals surface area contributed by atoms with Gasteiger partial charge in [-0.15, -0.1) is 6.42 Å². The standard InChI is InChI=1S/C20H17N3O/c1-3-15-9-8-10-16(13-15)22-20(24)18-14-21-23(19(18)4-2)17-11-6-5-7-12-17/h1,5-14H,4H2,2H3,(H,22,24). The minimum absolute atomic E-state index is 0.191. The average molecular weight is 315 g/mol. The smallest absolute Gasteiger partial charge is 0.259 e. The number of aromatic nitrogens is 2. The molecule has 0 fully saturated rings. The van der Waals surface area contributed by atoms with Crippen LogP contribution < -0.4 is 5.32 Å². The summed E-state index contributed by atoms with van der Waals surface area (Å²) in [6.07, 6.45) is 7.70. The molecule has 0 saturated carbocycles. The Morgan fingerprint density at radius 2 is 2.00 bits per heavy atom. The van der Waals surface area contributed by atoms with Crippen molar-refractivity contribution in [3.05, 3.63) is 77.6 Å². The summed E-state index contributed by atoms with van der Waals surface area (Å²) in [6.45, 7) is 2.01. The quantitative estimate of drug-likeness (QED) is 0.747. The van der Waals surface area contributed by atoms with E-state index >= 15 is 0 Å². The van der Waals surface area contributed by atoms with Gasteiger partial charge in [-0.1, -0.05) is 37.1 Å². The minimum Gasteiger partial charge on any atom is -0.322 e. The van der Waals surface area contributed by atoms with E-state index < -0.39 is 0 Å². The Balaban J connectivity index is 1.91. The van der Waals surface area contributed by atoms with E-state index in [1.165, 1.54) is 0 Å². The average Bonchev–Trinajstić information content (AvgIpc) is 3.06. The van der Waals surface area contributed by atoms with Gasteiger partial charge in [-0.05, 0) is 36.8 Å². The van der Waals surface area contributed by atoms with E-state index in [-0.39, 0.29) is 5.91 Å². The van der Waals surface area contributed by atoms with Gasteiger partial charge in [0.1, 0.15) is 0 Å². The molecule has 1 amide bonds. The van der Waals surface area contributed by atoms with Gasteiger partial charge in [0, 0.05) is 11.3 Å². The molecule has 0 atom stereocenters. The Morgan fingerprint density at radius 3 is 2.71 bits per heavy atom. The third kappa shape index (κ3) is 3.06. The van der Waals surface area contributed by atoms with Crippen LogP contribution in [0.4, 0.5) is 5.69 Å². The van der Waals surface area contributed by atoms with Crippen LogP contribution in [-0.4, -0.2) is 15.7 Å². The molecule has 0 aliphatic rings. The molecule has 0 unspecified atom stereocenters. The van der Waals surface area contributed by atoms with Gasteiger partial charge >= 0.3 is 0 Å². The maximum atomic E-state index is 12.6. The van der Waals surface area contributed by atoms with E-state index in [1.807, 2.05) is 55.5 Å². The van der Waals surface area contributed by atoms with Crippen molar-refractivity contribution in [1.29, 1.82) is 0 Å². The first kappa shape index (κ1) is 15.6. The Labute approximate surface area is 141 Å². The third-order valence-electron chi connectivity index (χ3n) is 3.74. The molecule has 0 bridgehead atoms. The zero-order valence-corrected chi connectivity index (χ0v) is 13.4. The summed E-state index contributed by atoms with van der Waals surface area (Å²) in [6, 6.07) is 17.0. The van der Waals surface area contributed by atoms with Gasteiger partial charge < -0.3 is 5.32 Å². The van der Waals surface area contributed by atoms with Crippen LogP contribution in [0.3, 0.4) is 0 Å². The lowest BCUT2D eigenvalue weighted by atomic mass is 10.1. The molecule has 118 valence electrons.